The average Bonchev–Trinajstić information content (AvgIpc) is 2.52. The molecule has 2 aromatic rings. The van der Waals surface area contributed by atoms with Gasteiger partial charge in [0.25, 0.3) is 0 Å². The number of nitrogens with zero attached hydrogens (tertiary/aromatic N) is 2. The highest BCUT2D eigenvalue weighted by molar-refractivity contribution is 9.10. The summed E-state index contributed by atoms with van der Waals surface area (Å²) in [6, 6.07) is 10.3. The normalized spacial score (nSPS) is 11.0. The smallest absolute Gasteiger partial charge is 0.241 e. The van der Waals surface area contributed by atoms with Gasteiger partial charge in [-0.2, -0.15) is 0 Å². The maximum atomic E-state index is 12.1. The summed E-state index contributed by atoms with van der Waals surface area (Å²) in [5, 5.41) is 2.70. The van der Waals surface area contributed by atoms with E-state index < -0.39 is 10.0 Å². The number of pyridine rings is 1. The molecule has 2 rings (SSSR count). The van der Waals surface area contributed by atoms with Crippen molar-refractivity contribution in [2.75, 3.05) is 17.1 Å². The Bertz CT molecular complexity index is 764. The Morgan fingerprint density at radius 3 is 2.35 bits per heavy atom. The van der Waals surface area contributed by atoms with Gasteiger partial charge in [0.15, 0.2) is 0 Å². The van der Waals surface area contributed by atoms with Crippen molar-refractivity contribution in [3.8, 4) is 0 Å². The van der Waals surface area contributed by atoms with Crippen LogP contribution in [-0.2, 0) is 21.4 Å². The molecule has 0 saturated carbocycles. The van der Waals surface area contributed by atoms with Crippen molar-refractivity contribution in [3.63, 3.8) is 0 Å². The number of hydrogen-bond donors (Lipinski definition) is 1. The summed E-state index contributed by atoms with van der Waals surface area (Å²) >= 11 is 3.29. The van der Waals surface area contributed by atoms with Crippen molar-refractivity contribution in [1.29, 1.82) is 0 Å². The van der Waals surface area contributed by atoms with Crippen LogP contribution in [0.2, 0.25) is 0 Å². The zero-order valence-corrected chi connectivity index (χ0v) is 14.8. The molecule has 0 aliphatic heterocycles. The van der Waals surface area contributed by atoms with E-state index in [4.69, 9.17) is 0 Å². The fraction of sp³-hybridized carbons (Fsp3) is 0.200. The molecular weight excluding hydrogens is 382 g/mol. The summed E-state index contributed by atoms with van der Waals surface area (Å²) < 4.78 is 25.8. The highest BCUT2D eigenvalue weighted by Crippen LogP contribution is 2.20. The lowest BCUT2D eigenvalue weighted by Gasteiger charge is -2.22. The van der Waals surface area contributed by atoms with Crippen LogP contribution in [0.5, 0.6) is 0 Å². The van der Waals surface area contributed by atoms with Gasteiger partial charge in [-0.1, -0.05) is 15.9 Å². The van der Waals surface area contributed by atoms with Crippen molar-refractivity contribution < 1.29 is 13.2 Å². The third kappa shape index (κ3) is 5.33. The number of aromatic nitrogens is 1. The first-order chi connectivity index (χ1) is 10.9. The molecule has 0 aliphatic rings. The number of amides is 1. The van der Waals surface area contributed by atoms with Gasteiger partial charge in [-0.05, 0) is 42.0 Å². The molecule has 8 heteroatoms. The van der Waals surface area contributed by atoms with Crippen LogP contribution in [0.1, 0.15) is 5.56 Å². The number of halogens is 1. The van der Waals surface area contributed by atoms with Crippen molar-refractivity contribution in [1.82, 2.24) is 10.3 Å². The van der Waals surface area contributed by atoms with Gasteiger partial charge < -0.3 is 5.32 Å². The second-order valence-corrected chi connectivity index (χ2v) is 7.70. The summed E-state index contributed by atoms with van der Waals surface area (Å²) in [6.07, 6.45) is 4.34. The number of rotatable bonds is 6. The second-order valence-electron chi connectivity index (χ2n) is 4.88. The van der Waals surface area contributed by atoms with Crippen LogP contribution in [0.4, 0.5) is 5.69 Å². The Hall–Kier alpha value is -1.93. The first kappa shape index (κ1) is 17.4. The fourth-order valence-corrected chi connectivity index (χ4v) is 3.02. The maximum Gasteiger partial charge on any atom is 0.241 e. The number of nitrogens with one attached hydrogen (secondary N) is 1. The summed E-state index contributed by atoms with van der Waals surface area (Å²) in [5.74, 6) is -0.379. The van der Waals surface area contributed by atoms with Crippen LogP contribution >= 0.6 is 15.9 Å². The number of carbonyl (C=O) groups is 1. The number of sulfonamides is 1. The molecule has 0 fully saturated rings. The van der Waals surface area contributed by atoms with Crippen molar-refractivity contribution in [2.24, 2.45) is 0 Å². The lowest BCUT2D eigenvalue weighted by atomic mass is 10.3. The Balaban J connectivity index is 2.06. The van der Waals surface area contributed by atoms with Crippen LogP contribution in [0.3, 0.4) is 0 Å². The van der Waals surface area contributed by atoms with E-state index in [1.807, 2.05) is 0 Å². The van der Waals surface area contributed by atoms with E-state index in [0.29, 0.717) is 12.2 Å². The Morgan fingerprint density at radius 2 is 1.78 bits per heavy atom. The van der Waals surface area contributed by atoms with Gasteiger partial charge in [0.05, 0.1) is 11.9 Å². The predicted octanol–water partition coefficient (Wildman–Crippen LogP) is 1.93. The Labute approximate surface area is 143 Å². The summed E-state index contributed by atoms with van der Waals surface area (Å²) in [7, 11) is -3.56. The third-order valence-corrected chi connectivity index (χ3v) is 4.71. The monoisotopic (exact) mass is 397 g/mol. The molecule has 23 heavy (non-hydrogen) atoms. The Morgan fingerprint density at radius 1 is 1.17 bits per heavy atom. The fourth-order valence-electron chi connectivity index (χ4n) is 1.89. The van der Waals surface area contributed by atoms with E-state index in [0.717, 1.165) is 20.6 Å². The van der Waals surface area contributed by atoms with Gasteiger partial charge in [0, 0.05) is 23.4 Å². The van der Waals surface area contributed by atoms with Crippen LogP contribution in [0.25, 0.3) is 0 Å². The summed E-state index contributed by atoms with van der Waals surface area (Å²) in [6.45, 7) is 0.0465. The topological polar surface area (TPSA) is 79.4 Å². The van der Waals surface area contributed by atoms with Gasteiger partial charge in [0.1, 0.15) is 6.54 Å². The molecule has 1 N–H and O–H groups in total. The number of benzene rings is 1. The van der Waals surface area contributed by atoms with Crippen molar-refractivity contribution in [2.45, 2.75) is 6.54 Å². The molecule has 0 unspecified atom stereocenters. The van der Waals surface area contributed by atoms with Crippen LogP contribution in [0, 0.1) is 0 Å². The minimum absolute atomic E-state index is 0.272. The van der Waals surface area contributed by atoms with Crippen LogP contribution in [-0.4, -0.2) is 32.1 Å². The third-order valence-electron chi connectivity index (χ3n) is 3.04. The lowest BCUT2D eigenvalue weighted by Crippen LogP contribution is -2.40. The molecule has 122 valence electrons. The van der Waals surface area contributed by atoms with Gasteiger partial charge in [-0.15, -0.1) is 0 Å². The quantitative estimate of drug-likeness (QED) is 0.807. The molecule has 0 atom stereocenters. The molecule has 0 radical (unpaired) electrons. The van der Waals surface area contributed by atoms with Crippen molar-refractivity contribution >= 4 is 37.5 Å². The van der Waals surface area contributed by atoms with Crippen molar-refractivity contribution in [3.05, 3.63) is 58.8 Å². The Kier molecular flexibility index (Phi) is 5.73. The lowest BCUT2D eigenvalue weighted by molar-refractivity contribution is -0.119. The average molecular weight is 398 g/mol. The van der Waals surface area contributed by atoms with Gasteiger partial charge in [-0.3, -0.25) is 14.1 Å². The molecule has 1 aromatic carbocycles. The minimum atomic E-state index is -3.56. The zero-order valence-electron chi connectivity index (χ0n) is 12.4. The van der Waals surface area contributed by atoms with E-state index in [1.54, 1.807) is 48.8 Å². The van der Waals surface area contributed by atoms with E-state index in [-0.39, 0.29) is 12.5 Å². The molecule has 1 amide bonds. The van der Waals surface area contributed by atoms with Gasteiger partial charge in [-0.25, -0.2) is 8.42 Å². The molecule has 1 aromatic heterocycles. The molecular formula is C15H16BrN3O3S. The van der Waals surface area contributed by atoms with E-state index in [1.165, 1.54) is 0 Å². The van der Waals surface area contributed by atoms with E-state index >= 15 is 0 Å². The largest absolute Gasteiger partial charge is 0.350 e. The van der Waals surface area contributed by atoms with Crippen LogP contribution < -0.4 is 9.62 Å². The standard InChI is InChI=1S/C15H16BrN3O3S/c1-23(21,22)19(14-4-2-13(16)3-5-14)11-15(20)18-10-12-6-8-17-9-7-12/h2-9H,10-11H2,1H3,(H,18,20). The predicted molar refractivity (Wildman–Crippen MR) is 92.4 cm³/mol. The highest BCUT2D eigenvalue weighted by Gasteiger charge is 2.20. The molecule has 0 bridgehead atoms. The van der Waals surface area contributed by atoms with Gasteiger partial charge in [0.2, 0.25) is 15.9 Å². The SMILES string of the molecule is CS(=O)(=O)N(CC(=O)NCc1ccncc1)c1ccc(Br)cc1. The molecule has 1 heterocycles. The van der Waals surface area contributed by atoms with E-state index in [9.17, 15) is 13.2 Å². The second kappa shape index (κ2) is 7.56. The highest BCUT2D eigenvalue weighted by atomic mass is 79.9. The van der Waals surface area contributed by atoms with Crippen LogP contribution in [0.15, 0.2) is 53.3 Å². The summed E-state index contributed by atoms with van der Waals surface area (Å²) in [4.78, 5) is 16.0. The molecule has 0 saturated heterocycles. The van der Waals surface area contributed by atoms with Gasteiger partial charge >= 0.3 is 0 Å². The minimum Gasteiger partial charge on any atom is -0.350 e. The zero-order chi connectivity index (χ0) is 16.9. The molecule has 0 aliphatic carbocycles. The number of anilines is 1. The van der Waals surface area contributed by atoms with E-state index in [2.05, 4.69) is 26.2 Å². The first-order valence-electron chi connectivity index (χ1n) is 6.75. The molecule has 6 nitrogen and oxygen atoms in total. The molecule has 0 spiro atoms. The number of hydrogen-bond acceptors (Lipinski definition) is 4. The first-order valence-corrected chi connectivity index (χ1v) is 9.39. The number of carbonyl (C=O) groups excluding carboxylic acids is 1. The maximum absolute atomic E-state index is 12.1. The summed E-state index contributed by atoms with van der Waals surface area (Å²) in [5.41, 5.74) is 1.33.